The Labute approximate surface area is 134 Å². The van der Waals surface area contributed by atoms with E-state index in [2.05, 4.69) is 5.32 Å². The first-order chi connectivity index (χ1) is 10.1. The maximum atomic E-state index is 11.9. The lowest BCUT2D eigenvalue weighted by Crippen LogP contribution is -2.28. The number of carbonyl (C=O) groups is 2. The molecule has 1 amide bonds. The second-order valence-electron chi connectivity index (χ2n) is 5.90. The summed E-state index contributed by atoms with van der Waals surface area (Å²) in [6.45, 7) is 5.27. The fourth-order valence-corrected chi connectivity index (χ4v) is 1.98. The summed E-state index contributed by atoms with van der Waals surface area (Å²) in [5.74, 6) is -0.931. The third kappa shape index (κ3) is 6.32. The molecule has 122 valence electrons. The number of carboxylic acids is 1. The number of ether oxygens (including phenoxy) is 1. The van der Waals surface area contributed by atoms with E-state index in [1.54, 1.807) is 39.0 Å². The molecule has 0 spiro atoms. The number of hydrogen-bond acceptors (Lipinski definition) is 4. The van der Waals surface area contributed by atoms with Gasteiger partial charge in [-0.05, 0) is 51.0 Å². The van der Waals surface area contributed by atoms with Crippen LogP contribution in [0.2, 0.25) is 5.02 Å². The minimum atomic E-state index is -0.931. The van der Waals surface area contributed by atoms with Crippen molar-refractivity contribution in [3.05, 3.63) is 28.8 Å². The number of carbonyl (C=O) groups excluding carboxylic acids is 1. The number of benzene rings is 1. The Kier molecular flexibility index (Phi) is 6.20. The number of nitrogens with two attached hydrogens (primary N) is 1. The summed E-state index contributed by atoms with van der Waals surface area (Å²) in [4.78, 5) is 22.5. The first-order valence-corrected chi connectivity index (χ1v) is 7.23. The van der Waals surface area contributed by atoms with Crippen molar-refractivity contribution in [2.75, 3.05) is 5.32 Å². The zero-order valence-electron chi connectivity index (χ0n) is 12.9. The second kappa shape index (κ2) is 7.47. The van der Waals surface area contributed by atoms with Crippen molar-refractivity contribution in [3.63, 3.8) is 0 Å². The van der Waals surface area contributed by atoms with Crippen molar-refractivity contribution in [2.45, 2.75) is 45.3 Å². The smallest absolute Gasteiger partial charge is 0.412 e. The molecule has 1 unspecified atom stereocenters. The van der Waals surface area contributed by atoms with Crippen LogP contribution in [0, 0.1) is 0 Å². The quantitative estimate of drug-likeness (QED) is 0.767. The first-order valence-electron chi connectivity index (χ1n) is 6.85. The van der Waals surface area contributed by atoms with Crippen molar-refractivity contribution in [3.8, 4) is 0 Å². The van der Waals surface area contributed by atoms with Crippen LogP contribution in [0.5, 0.6) is 0 Å². The molecule has 0 aliphatic rings. The highest BCUT2D eigenvalue weighted by atomic mass is 35.5. The summed E-state index contributed by atoms with van der Waals surface area (Å²) in [7, 11) is 0. The van der Waals surface area contributed by atoms with Gasteiger partial charge in [0.15, 0.2) is 0 Å². The molecular formula is C15H21ClN2O4. The predicted octanol–water partition coefficient (Wildman–Crippen LogP) is 3.55. The van der Waals surface area contributed by atoms with Gasteiger partial charge < -0.3 is 15.6 Å². The van der Waals surface area contributed by atoms with Crippen LogP contribution in [-0.2, 0) is 9.53 Å². The highest BCUT2D eigenvalue weighted by molar-refractivity contribution is 6.30. The summed E-state index contributed by atoms with van der Waals surface area (Å²) in [6, 6.07) is 4.28. The first kappa shape index (κ1) is 18.3. The van der Waals surface area contributed by atoms with Gasteiger partial charge in [0, 0.05) is 23.2 Å². The summed E-state index contributed by atoms with van der Waals surface area (Å²) in [5.41, 5.74) is 6.40. The lowest BCUT2D eigenvalue weighted by atomic mass is 10.0. The molecule has 0 aliphatic carbocycles. The number of anilines is 1. The third-order valence-corrected chi connectivity index (χ3v) is 2.95. The monoisotopic (exact) mass is 328 g/mol. The molecule has 22 heavy (non-hydrogen) atoms. The van der Waals surface area contributed by atoms with Crippen molar-refractivity contribution in [1.29, 1.82) is 0 Å². The molecule has 1 aromatic rings. The average molecular weight is 329 g/mol. The third-order valence-electron chi connectivity index (χ3n) is 2.72. The zero-order chi connectivity index (χ0) is 16.9. The summed E-state index contributed by atoms with van der Waals surface area (Å²) >= 11 is 5.95. The topological polar surface area (TPSA) is 102 Å². The average Bonchev–Trinajstić information content (AvgIpc) is 2.35. The number of carboxylic acid groups (broad SMARTS) is 1. The van der Waals surface area contributed by atoms with Gasteiger partial charge >= 0.3 is 12.1 Å². The van der Waals surface area contributed by atoms with Crippen LogP contribution in [0.4, 0.5) is 10.5 Å². The Hall–Kier alpha value is -1.79. The van der Waals surface area contributed by atoms with E-state index in [0.29, 0.717) is 16.3 Å². The molecular weight excluding hydrogens is 308 g/mol. The van der Waals surface area contributed by atoms with Crippen LogP contribution in [0.3, 0.4) is 0 Å². The molecule has 4 N–H and O–H groups in total. The highest BCUT2D eigenvalue weighted by Gasteiger charge is 2.19. The Bertz CT molecular complexity index is 555. The largest absolute Gasteiger partial charge is 0.481 e. The lowest BCUT2D eigenvalue weighted by Gasteiger charge is -2.21. The van der Waals surface area contributed by atoms with Crippen LogP contribution in [0.15, 0.2) is 18.2 Å². The molecule has 0 saturated carbocycles. The van der Waals surface area contributed by atoms with Gasteiger partial charge in [0.25, 0.3) is 0 Å². The van der Waals surface area contributed by atoms with Crippen LogP contribution >= 0.6 is 11.6 Å². The van der Waals surface area contributed by atoms with Crippen LogP contribution < -0.4 is 11.1 Å². The number of rotatable bonds is 5. The molecule has 0 fully saturated rings. The molecule has 0 bridgehead atoms. The Balaban J connectivity index is 2.90. The SMILES string of the molecule is CC(C)(C)OC(=O)Nc1ccc(Cl)cc1C(N)CCC(=O)O. The molecule has 0 saturated heterocycles. The number of aliphatic carboxylic acids is 1. The van der Waals surface area contributed by atoms with Gasteiger partial charge in [0.1, 0.15) is 5.60 Å². The molecule has 1 rings (SSSR count). The van der Waals surface area contributed by atoms with E-state index in [4.69, 9.17) is 27.2 Å². The molecule has 0 heterocycles. The van der Waals surface area contributed by atoms with E-state index in [1.807, 2.05) is 0 Å². The van der Waals surface area contributed by atoms with E-state index in [-0.39, 0.29) is 12.8 Å². The van der Waals surface area contributed by atoms with Crippen molar-refractivity contribution < 1.29 is 19.4 Å². The van der Waals surface area contributed by atoms with E-state index < -0.39 is 23.7 Å². The van der Waals surface area contributed by atoms with Crippen LogP contribution in [0.25, 0.3) is 0 Å². The molecule has 0 aliphatic heterocycles. The van der Waals surface area contributed by atoms with E-state index >= 15 is 0 Å². The van der Waals surface area contributed by atoms with Crippen LogP contribution in [-0.4, -0.2) is 22.8 Å². The Morgan fingerprint density at radius 3 is 2.59 bits per heavy atom. The maximum Gasteiger partial charge on any atom is 0.412 e. The molecule has 1 atom stereocenters. The molecule has 6 nitrogen and oxygen atoms in total. The number of amides is 1. The minimum Gasteiger partial charge on any atom is -0.481 e. The molecule has 0 aromatic heterocycles. The normalized spacial score (nSPS) is 12.6. The fraction of sp³-hybridized carbons (Fsp3) is 0.467. The van der Waals surface area contributed by atoms with Gasteiger partial charge in [0.2, 0.25) is 0 Å². The van der Waals surface area contributed by atoms with E-state index in [1.165, 1.54) is 0 Å². The van der Waals surface area contributed by atoms with Gasteiger partial charge in [-0.1, -0.05) is 11.6 Å². The Morgan fingerprint density at radius 2 is 2.05 bits per heavy atom. The number of hydrogen-bond donors (Lipinski definition) is 3. The predicted molar refractivity (Wildman–Crippen MR) is 85.1 cm³/mol. The Morgan fingerprint density at radius 1 is 1.41 bits per heavy atom. The molecule has 1 aromatic carbocycles. The highest BCUT2D eigenvalue weighted by Crippen LogP contribution is 2.28. The van der Waals surface area contributed by atoms with Crippen LogP contribution in [0.1, 0.15) is 45.2 Å². The van der Waals surface area contributed by atoms with Gasteiger partial charge in [-0.2, -0.15) is 0 Å². The maximum absolute atomic E-state index is 11.9. The molecule has 0 radical (unpaired) electrons. The minimum absolute atomic E-state index is 0.0699. The number of nitrogens with one attached hydrogen (secondary N) is 1. The van der Waals surface area contributed by atoms with Crippen molar-refractivity contribution in [1.82, 2.24) is 0 Å². The van der Waals surface area contributed by atoms with E-state index in [0.717, 1.165) is 0 Å². The van der Waals surface area contributed by atoms with E-state index in [9.17, 15) is 9.59 Å². The van der Waals surface area contributed by atoms with Crippen molar-refractivity contribution >= 4 is 29.4 Å². The fourth-order valence-electron chi connectivity index (χ4n) is 1.80. The van der Waals surface area contributed by atoms with Gasteiger partial charge in [-0.3, -0.25) is 10.1 Å². The van der Waals surface area contributed by atoms with Gasteiger partial charge in [-0.25, -0.2) is 4.79 Å². The lowest BCUT2D eigenvalue weighted by molar-refractivity contribution is -0.137. The zero-order valence-corrected chi connectivity index (χ0v) is 13.6. The van der Waals surface area contributed by atoms with Gasteiger partial charge in [0.05, 0.1) is 0 Å². The van der Waals surface area contributed by atoms with Crippen molar-refractivity contribution in [2.24, 2.45) is 5.73 Å². The molecule has 7 heteroatoms. The number of halogens is 1. The second-order valence-corrected chi connectivity index (χ2v) is 6.33. The summed E-state index contributed by atoms with van der Waals surface area (Å²) < 4.78 is 5.19. The summed E-state index contributed by atoms with van der Waals surface area (Å²) in [6.07, 6.45) is -0.445. The summed E-state index contributed by atoms with van der Waals surface area (Å²) in [5, 5.41) is 11.8. The van der Waals surface area contributed by atoms with Gasteiger partial charge in [-0.15, -0.1) is 0 Å². The standard InChI is InChI=1S/C15H21ClN2O4/c1-15(2,3)22-14(21)18-12-6-4-9(16)8-10(12)11(17)5-7-13(19)20/h4,6,8,11H,5,7,17H2,1-3H3,(H,18,21)(H,19,20).